The zero-order valence-corrected chi connectivity index (χ0v) is 12.0. The molecule has 2 nitrogen and oxygen atoms in total. The van der Waals surface area contributed by atoms with Crippen LogP contribution in [0.4, 0.5) is 0 Å². The van der Waals surface area contributed by atoms with Crippen molar-refractivity contribution >= 4 is 10.9 Å². The normalized spacial score (nSPS) is 10.7. The summed E-state index contributed by atoms with van der Waals surface area (Å²) in [6.45, 7) is 0. The van der Waals surface area contributed by atoms with Crippen molar-refractivity contribution in [2.75, 3.05) is 0 Å². The van der Waals surface area contributed by atoms with Gasteiger partial charge in [-0.05, 0) is 47.5 Å². The first-order valence-electron chi connectivity index (χ1n) is 7.29. The van der Waals surface area contributed by atoms with Crippen LogP contribution in [-0.4, -0.2) is 4.98 Å². The van der Waals surface area contributed by atoms with E-state index in [-0.39, 0.29) is 0 Å². The van der Waals surface area contributed by atoms with E-state index in [1.807, 2.05) is 48.7 Å². The van der Waals surface area contributed by atoms with Crippen molar-refractivity contribution in [2.45, 2.75) is 0 Å². The lowest BCUT2D eigenvalue weighted by atomic mass is 10.0. The van der Waals surface area contributed by atoms with E-state index in [1.54, 1.807) is 0 Å². The Morgan fingerprint density at radius 3 is 2.23 bits per heavy atom. The molecule has 1 heterocycles. The minimum Gasteiger partial charge on any atom is -0.457 e. The van der Waals surface area contributed by atoms with E-state index in [2.05, 4.69) is 41.4 Å². The molecule has 106 valence electrons. The molecule has 0 aliphatic carbocycles. The number of aromatic nitrogens is 1. The van der Waals surface area contributed by atoms with Gasteiger partial charge < -0.3 is 9.72 Å². The molecule has 2 heteroatoms. The molecule has 0 amide bonds. The highest BCUT2D eigenvalue weighted by molar-refractivity contribution is 5.95. The molecule has 0 fully saturated rings. The Hall–Kier alpha value is -3.00. The SMILES string of the molecule is c1ccc(Oc2ccc(-c3cccc4[nH]ccc34)cc2)cc1. The predicted molar refractivity (Wildman–Crippen MR) is 90.3 cm³/mol. The minimum atomic E-state index is 0.844. The summed E-state index contributed by atoms with van der Waals surface area (Å²) in [5.41, 5.74) is 3.57. The Kier molecular flexibility index (Phi) is 3.13. The third-order valence-electron chi connectivity index (χ3n) is 3.74. The topological polar surface area (TPSA) is 25.0 Å². The maximum Gasteiger partial charge on any atom is 0.127 e. The van der Waals surface area contributed by atoms with Crippen molar-refractivity contribution in [2.24, 2.45) is 0 Å². The Bertz CT molecular complexity index is 892. The number of fused-ring (bicyclic) bond motifs is 1. The van der Waals surface area contributed by atoms with Gasteiger partial charge in [-0.3, -0.25) is 0 Å². The van der Waals surface area contributed by atoms with Gasteiger partial charge in [0.1, 0.15) is 11.5 Å². The van der Waals surface area contributed by atoms with Crippen LogP contribution in [-0.2, 0) is 0 Å². The molecule has 4 aromatic rings. The molecular weight excluding hydrogens is 270 g/mol. The zero-order chi connectivity index (χ0) is 14.8. The average molecular weight is 285 g/mol. The molecule has 0 saturated heterocycles. The molecule has 1 aromatic heterocycles. The Balaban J connectivity index is 1.66. The maximum atomic E-state index is 5.84. The molecule has 0 atom stereocenters. The molecule has 3 aromatic carbocycles. The summed E-state index contributed by atoms with van der Waals surface area (Å²) in [6, 6.07) is 26.4. The number of ether oxygens (including phenoxy) is 1. The standard InChI is InChI=1S/C20H15NO/c1-2-5-16(6-3-1)22-17-11-9-15(10-12-17)18-7-4-8-20-19(18)13-14-21-20/h1-14,21H. The molecule has 22 heavy (non-hydrogen) atoms. The van der Waals surface area contributed by atoms with Crippen LogP contribution in [0.1, 0.15) is 0 Å². The lowest BCUT2D eigenvalue weighted by Crippen LogP contribution is -1.84. The number of benzene rings is 3. The minimum absolute atomic E-state index is 0.844. The summed E-state index contributed by atoms with van der Waals surface area (Å²) in [7, 11) is 0. The Morgan fingerprint density at radius 1 is 0.636 bits per heavy atom. The van der Waals surface area contributed by atoms with Gasteiger partial charge in [-0.1, -0.05) is 42.5 Å². The van der Waals surface area contributed by atoms with E-state index in [9.17, 15) is 0 Å². The Labute approximate surface area is 129 Å². The number of H-pyrrole nitrogens is 1. The average Bonchev–Trinajstić information content (AvgIpc) is 3.05. The third kappa shape index (κ3) is 2.35. The molecule has 4 rings (SSSR count). The smallest absolute Gasteiger partial charge is 0.127 e. The highest BCUT2D eigenvalue weighted by Crippen LogP contribution is 2.30. The molecule has 1 N–H and O–H groups in total. The predicted octanol–water partition coefficient (Wildman–Crippen LogP) is 5.63. The Morgan fingerprint density at radius 2 is 1.41 bits per heavy atom. The second kappa shape index (κ2) is 5.41. The zero-order valence-electron chi connectivity index (χ0n) is 12.0. The van der Waals surface area contributed by atoms with Crippen LogP contribution in [0.15, 0.2) is 85.1 Å². The van der Waals surface area contributed by atoms with Crippen molar-refractivity contribution < 1.29 is 4.74 Å². The molecule has 0 aliphatic heterocycles. The maximum absolute atomic E-state index is 5.84. The van der Waals surface area contributed by atoms with Gasteiger partial charge in [-0.25, -0.2) is 0 Å². The number of hydrogen-bond donors (Lipinski definition) is 1. The number of rotatable bonds is 3. The fourth-order valence-electron chi connectivity index (χ4n) is 2.66. The first-order valence-corrected chi connectivity index (χ1v) is 7.29. The van der Waals surface area contributed by atoms with Crippen molar-refractivity contribution in [3.63, 3.8) is 0 Å². The van der Waals surface area contributed by atoms with Gasteiger partial charge in [0.2, 0.25) is 0 Å². The van der Waals surface area contributed by atoms with E-state index in [1.165, 1.54) is 16.5 Å². The molecular formula is C20H15NO. The second-order valence-electron chi connectivity index (χ2n) is 5.18. The van der Waals surface area contributed by atoms with Gasteiger partial charge >= 0.3 is 0 Å². The summed E-state index contributed by atoms with van der Waals surface area (Å²) in [5.74, 6) is 1.69. The summed E-state index contributed by atoms with van der Waals surface area (Å²) >= 11 is 0. The van der Waals surface area contributed by atoms with Crippen molar-refractivity contribution in [1.29, 1.82) is 0 Å². The van der Waals surface area contributed by atoms with Crippen LogP contribution in [0, 0.1) is 0 Å². The summed E-state index contributed by atoms with van der Waals surface area (Å²) in [4.78, 5) is 3.25. The first kappa shape index (κ1) is 12.7. The van der Waals surface area contributed by atoms with Crippen molar-refractivity contribution in [3.05, 3.63) is 85.1 Å². The van der Waals surface area contributed by atoms with Crippen molar-refractivity contribution in [1.82, 2.24) is 4.98 Å². The van der Waals surface area contributed by atoms with Gasteiger partial charge in [0.15, 0.2) is 0 Å². The lowest BCUT2D eigenvalue weighted by Gasteiger charge is -2.08. The van der Waals surface area contributed by atoms with Gasteiger partial charge in [-0.2, -0.15) is 0 Å². The van der Waals surface area contributed by atoms with E-state index >= 15 is 0 Å². The van der Waals surface area contributed by atoms with E-state index in [0.29, 0.717) is 0 Å². The highest BCUT2D eigenvalue weighted by atomic mass is 16.5. The lowest BCUT2D eigenvalue weighted by molar-refractivity contribution is 0.483. The van der Waals surface area contributed by atoms with Gasteiger partial charge in [-0.15, -0.1) is 0 Å². The number of para-hydroxylation sites is 1. The monoisotopic (exact) mass is 285 g/mol. The van der Waals surface area contributed by atoms with E-state index in [4.69, 9.17) is 4.74 Å². The summed E-state index contributed by atoms with van der Waals surface area (Å²) in [6.07, 6.45) is 1.97. The number of aromatic amines is 1. The molecule has 0 spiro atoms. The largest absolute Gasteiger partial charge is 0.457 e. The highest BCUT2D eigenvalue weighted by Gasteiger charge is 2.04. The quantitative estimate of drug-likeness (QED) is 0.518. The van der Waals surface area contributed by atoms with Gasteiger partial charge in [0.05, 0.1) is 0 Å². The molecule has 0 bridgehead atoms. The van der Waals surface area contributed by atoms with Crippen LogP contribution >= 0.6 is 0 Å². The van der Waals surface area contributed by atoms with Gasteiger partial charge in [0.25, 0.3) is 0 Å². The summed E-state index contributed by atoms with van der Waals surface area (Å²) in [5, 5.41) is 1.24. The van der Waals surface area contributed by atoms with Crippen LogP contribution in [0.2, 0.25) is 0 Å². The second-order valence-corrected chi connectivity index (χ2v) is 5.18. The van der Waals surface area contributed by atoms with Crippen LogP contribution in [0.5, 0.6) is 11.5 Å². The van der Waals surface area contributed by atoms with Crippen LogP contribution < -0.4 is 4.74 Å². The van der Waals surface area contributed by atoms with Crippen LogP contribution in [0.25, 0.3) is 22.0 Å². The summed E-state index contributed by atoms with van der Waals surface area (Å²) < 4.78 is 5.84. The molecule has 0 aliphatic rings. The first-order chi connectivity index (χ1) is 10.9. The van der Waals surface area contributed by atoms with Gasteiger partial charge in [0, 0.05) is 17.1 Å². The fraction of sp³-hybridized carbons (Fsp3) is 0. The number of hydrogen-bond acceptors (Lipinski definition) is 1. The number of nitrogens with one attached hydrogen (secondary N) is 1. The van der Waals surface area contributed by atoms with E-state index < -0.39 is 0 Å². The fourth-order valence-corrected chi connectivity index (χ4v) is 2.66. The molecule has 0 saturated carbocycles. The van der Waals surface area contributed by atoms with Crippen LogP contribution in [0.3, 0.4) is 0 Å². The van der Waals surface area contributed by atoms with E-state index in [0.717, 1.165) is 17.0 Å². The molecule has 0 unspecified atom stereocenters. The third-order valence-corrected chi connectivity index (χ3v) is 3.74. The molecule has 0 radical (unpaired) electrons. The van der Waals surface area contributed by atoms with Crippen molar-refractivity contribution in [3.8, 4) is 22.6 Å².